The zero-order chi connectivity index (χ0) is 22.0. The Bertz CT molecular complexity index is 690. The minimum atomic E-state index is -0.425. The van der Waals surface area contributed by atoms with E-state index in [9.17, 15) is 0 Å². The molecule has 0 radical (unpaired) electrons. The predicted octanol–water partition coefficient (Wildman–Crippen LogP) is 5.48. The fourth-order valence-electron chi connectivity index (χ4n) is 5.52. The van der Waals surface area contributed by atoms with Gasteiger partial charge in [-0.15, -0.1) is 0 Å². The van der Waals surface area contributed by atoms with Crippen LogP contribution in [0.4, 0.5) is 0 Å². The van der Waals surface area contributed by atoms with Crippen LogP contribution in [0.3, 0.4) is 0 Å². The van der Waals surface area contributed by atoms with Gasteiger partial charge in [-0.3, -0.25) is 9.80 Å². The van der Waals surface area contributed by atoms with Crippen molar-refractivity contribution in [3.8, 4) is 0 Å². The first-order valence-corrected chi connectivity index (χ1v) is 13.1. The van der Waals surface area contributed by atoms with Crippen LogP contribution < -0.4 is 10.6 Å². The summed E-state index contributed by atoms with van der Waals surface area (Å²) in [6, 6.07) is 26.0. The number of benzene rings is 2. The van der Waals surface area contributed by atoms with E-state index in [4.69, 9.17) is 0 Å². The lowest BCUT2D eigenvalue weighted by Crippen LogP contribution is -2.46. The highest BCUT2D eigenvalue weighted by molar-refractivity contribution is 7.74. The molecule has 1 aliphatic rings. The maximum absolute atomic E-state index is 2.79. The second kappa shape index (κ2) is 9.94. The van der Waals surface area contributed by atoms with Gasteiger partial charge in [0.05, 0.1) is 0 Å². The van der Waals surface area contributed by atoms with Crippen molar-refractivity contribution < 1.29 is 0 Å². The van der Waals surface area contributed by atoms with Crippen LogP contribution in [-0.4, -0.2) is 51.7 Å². The summed E-state index contributed by atoms with van der Waals surface area (Å²) in [5.41, 5.74) is 0.652. The predicted molar refractivity (Wildman–Crippen MR) is 135 cm³/mol. The van der Waals surface area contributed by atoms with Gasteiger partial charge in [-0.2, -0.15) is 0 Å². The molecular weight excluding hydrogens is 383 g/mol. The zero-order valence-corrected chi connectivity index (χ0v) is 21.1. The van der Waals surface area contributed by atoms with Crippen LogP contribution in [0.1, 0.15) is 55.4 Å². The van der Waals surface area contributed by atoms with Crippen molar-refractivity contribution in [1.82, 2.24) is 9.80 Å². The normalized spacial score (nSPS) is 21.8. The van der Waals surface area contributed by atoms with E-state index in [0.29, 0.717) is 41.9 Å². The molecular formula is C27H41N2P. The second-order valence-electron chi connectivity index (χ2n) is 9.78. The van der Waals surface area contributed by atoms with Crippen LogP contribution in [0, 0.1) is 0 Å². The van der Waals surface area contributed by atoms with Gasteiger partial charge in [0.15, 0.2) is 0 Å². The van der Waals surface area contributed by atoms with E-state index in [2.05, 4.69) is 126 Å². The van der Waals surface area contributed by atoms with E-state index >= 15 is 0 Å². The lowest BCUT2D eigenvalue weighted by Gasteiger charge is -2.35. The van der Waals surface area contributed by atoms with E-state index < -0.39 is 7.92 Å². The molecule has 2 unspecified atom stereocenters. The highest BCUT2D eigenvalue weighted by atomic mass is 31.1. The second-order valence-corrected chi connectivity index (χ2v) is 12.2. The van der Waals surface area contributed by atoms with Gasteiger partial charge < -0.3 is 0 Å². The van der Waals surface area contributed by atoms with Gasteiger partial charge in [-0.05, 0) is 73.9 Å². The maximum Gasteiger partial charge on any atom is 0.0353 e. The standard InChI is InChI=1S/C27H41N2P/c1-19(2)28(20(3)4)25-26(29(21(5)6)22(7)8)27(25)30(23-15-11-9-12-16-23)24-17-13-10-14-18-24/h9-22,25-27H,1-8H3. The number of nitrogens with zero attached hydrogens (tertiary/aromatic N) is 2. The molecule has 3 rings (SSSR count). The lowest BCUT2D eigenvalue weighted by molar-refractivity contribution is 0.108. The van der Waals surface area contributed by atoms with Crippen LogP contribution in [-0.2, 0) is 0 Å². The van der Waals surface area contributed by atoms with Crippen LogP contribution in [0.5, 0.6) is 0 Å². The van der Waals surface area contributed by atoms with Crippen LogP contribution in [0.25, 0.3) is 0 Å². The molecule has 0 spiro atoms. The summed E-state index contributed by atoms with van der Waals surface area (Å²) in [5.74, 6) is 0. The summed E-state index contributed by atoms with van der Waals surface area (Å²) in [4.78, 5) is 5.57. The van der Waals surface area contributed by atoms with Gasteiger partial charge in [0.25, 0.3) is 0 Å². The summed E-state index contributed by atoms with van der Waals surface area (Å²) in [5, 5.41) is 3.02. The minimum absolute atomic E-state index is 0.425. The van der Waals surface area contributed by atoms with Gasteiger partial charge in [0.2, 0.25) is 0 Å². The molecule has 0 aromatic heterocycles. The Morgan fingerprint density at radius 3 is 1.10 bits per heavy atom. The zero-order valence-electron chi connectivity index (χ0n) is 20.2. The number of hydrogen-bond donors (Lipinski definition) is 0. The quantitative estimate of drug-likeness (QED) is 0.492. The van der Waals surface area contributed by atoms with Crippen LogP contribution in [0.2, 0.25) is 0 Å². The number of hydrogen-bond acceptors (Lipinski definition) is 2. The number of rotatable bonds is 9. The van der Waals surface area contributed by atoms with Crippen molar-refractivity contribution in [3.05, 3.63) is 60.7 Å². The van der Waals surface area contributed by atoms with Gasteiger partial charge in [-0.1, -0.05) is 60.7 Å². The molecule has 1 aliphatic carbocycles. The molecule has 0 bridgehead atoms. The maximum atomic E-state index is 2.79. The van der Waals surface area contributed by atoms with Crippen molar-refractivity contribution in [2.45, 2.75) is 97.3 Å². The fraction of sp³-hybridized carbons (Fsp3) is 0.556. The molecule has 0 aliphatic heterocycles. The molecule has 2 aromatic rings. The molecule has 0 saturated heterocycles. The largest absolute Gasteiger partial charge is 0.293 e. The summed E-state index contributed by atoms with van der Waals surface area (Å²) in [6.07, 6.45) is 0. The molecule has 3 heteroatoms. The first kappa shape index (κ1) is 23.5. The summed E-state index contributed by atoms with van der Waals surface area (Å²) >= 11 is 0. The van der Waals surface area contributed by atoms with Crippen molar-refractivity contribution in [2.75, 3.05) is 0 Å². The highest BCUT2D eigenvalue weighted by Crippen LogP contribution is 2.57. The van der Waals surface area contributed by atoms with Crippen LogP contribution in [0.15, 0.2) is 60.7 Å². The molecule has 2 nitrogen and oxygen atoms in total. The highest BCUT2D eigenvalue weighted by Gasteiger charge is 2.61. The van der Waals surface area contributed by atoms with Gasteiger partial charge in [0.1, 0.15) is 0 Å². The van der Waals surface area contributed by atoms with E-state index in [0.717, 1.165) is 0 Å². The van der Waals surface area contributed by atoms with E-state index in [1.165, 1.54) is 10.6 Å². The fourth-order valence-corrected chi connectivity index (χ4v) is 8.66. The molecule has 1 fully saturated rings. The van der Waals surface area contributed by atoms with Gasteiger partial charge in [0, 0.05) is 41.9 Å². The molecule has 0 N–H and O–H groups in total. The van der Waals surface area contributed by atoms with Gasteiger partial charge in [-0.25, -0.2) is 0 Å². The lowest BCUT2D eigenvalue weighted by atomic mass is 10.2. The summed E-state index contributed by atoms with van der Waals surface area (Å²) < 4.78 is 0. The van der Waals surface area contributed by atoms with E-state index in [-0.39, 0.29) is 0 Å². The van der Waals surface area contributed by atoms with Crippen molar-refractivity contribution in [2.24, 2.45) is 0 Å². The minimum Gasteiger partial charge on any atom is -0.293 e. The summed E-state index contributed by atoms with van der Waals surface area (Å²) in [6.45, 7) is 19.0. The first-order chi connectivity index (χ1) is 14.3. The monoisotopic (exact) mass is 424 g/mol. The Hall–Kier alpha value is -1.21. The average molecular weight is 425 g/mol. The third-order valence-corrected chi connectivity index (χ3v) is 9.27. The molecule has 30 heavy (non-hydrogen) atoms. The molecule has 164 valence electrons. The van der Waals surface area contributed by atoms with Crippen molar-refractivity contribution >= 4 is 18.5 Å². The average Bonchev–Trinajstić information content (AvgIpc) is 3.35. The summed E-state index contributed by atoms with van der Waals surface area (Å²) in [7, 11) is -0.425. The Kier molecular flexibility index (Phi) is 7.77. The molecule has 2 aromatic carbocycles. The Labute approximate surface area is 186 Å². The molecule has 2 atom stereocenters. The smallest absolute Gasteiger partial charge is 0.0353 e. The third-order valence-electron chi connectivity index (χ3n) is 6.35. The SMILES string of the molecule is CC(C)N(C(C)C)C1C(N(C(C)C)C(C)C)C1P(c1ccccc1)c1ccccc1. The first-order valence-electron chi connectivity index (χ1n) is 11.7. The van der Waals surface area contributed by atoms with Crippen LogP contribution >= 0.6 is 7.92 Å². The molecule has 0 heterocycles. The van der Waals surface area contributed by atoms with E-state index in [1.54, 1.807) is 0 Å². The molecule has 1 saturated carbocycles. The van der Waals surface area contributed by atoms with Crippen molar-refractivity contribution in [1.29, 1.82) is 0 Å². The van der Waals surface area contributed by atoms with Crippen molar-refractivity contribution in [3.63, 3.8) is 0 Å². The Balaban J connectivity index is 2.11. The third kappa shape index (κ3) is 4.82. The van der Waals surface area contributed by atoms with Gasteiger partial charge >= 0.3 is 0 Å². The Morgan fingerprint density at radius 1 is 0.533 bits per heavy atom. The Morgan fingerprint density at radius 2 is 0.833 bits per heavy atom. The topological polar surface area (TPSA) is 6.48 Å². The molecule has 0 amide bonds. The van der Waals surface area contributed by atoms with E-state index in [1.807, 2.05) is 0 Å².